The SMILES string of the molecule is CC1CCCN(CC(=O)N2CCC(c3cc(=O)n4c(n3)CCCCC4)C2)C1C. The van der Waals surface area contributed by atoms with Crippen molar-refractivity contribution in [3.8, 4) is 0 Å². The van der Waals surface area contributed by atoms with E-state index in [0.717, 1.165) is 63.3 Å². The highest BCUT2D eigenvalue weighted by molar-refractivity contribution is 5.78. The van der Waals surface area contributed by atoms with Gasteiger partial charge >= 0.3 is 0 Å². The number of rotatable bonds is 3. The molecule has 2 fully saturated rings. The van der Waals surface area contributed by atoms with E-state index < -0.39 is 0 Å². The first-order chi connectivity index (χ1) is 13.5. The van der Waals surface area contributed by atoms with Crippen LogP contribution in [0.4, 0.5) is 0 Å². The fraction of sp³-hybridized carbons (Fsp3) is 0.773. The Morgan fingerprint density at radius 3 is 2.82 bits per heavy atom. The molecule has 3 unspecified atom stereocenters. The van der Waals surface area contributed by atoms with Crippen molar-refractivity contribution < 1.29 is 4.79 Å². The van der Waals surface area contributed by atoms with E-state index in [0.29, 0.717) is 25.0 Å². The van der Waals surface area contributed by atoms with Crippen molar-refractivity contribution in [3.05, 3.63) is 27.9 Å². The number of fused-ring (bicyclic) bond motifs is 1. The molecule has 3 aliphatic rings. The fourth-order valence-electron chi connectivity index (χ4n) is 5.09. The fourth-order valence-corrected chi connectivity index (χ4v) is 5.09. The molecule has 0 aromatic carbocycles. The summed E-state index contributed by atoms with van der Waals surface area (Å²) in [5, 5.41) is 0. The first kappa shape index (κ1) is 19.6. The Bertz CT molecular complexity index is 774. The van der Waals surface area contributed by atoms with Gasteiger partial charge in [0, 0.05) is 44.1 Å². The molecule has 1 amide bonds. The molecule has 0 saturated carbocycles. The van der Waals surface area contributed by atoms with Gasteiger partial charge in [-0.3, -0.25) is 19.1 Å². The highest BCUT2D eigenvalue weighted by Gasteiger charge is 2.32. The number of amides is 1. The van der Waals surface area contributed by atoms with E-state index >= 15 is 0 Å². The van der Waals surface area contributed by atoms with Gasteiger partial charge in [0.1, 0.15) is 5.82 Å². The van der Waals surface area contributed by atoms with Crippen LogP contribution in [0.25, 0.3) is 0 Å². The van der Waals surface area contributed by atoms with E-state index in [9.17, 15) is 9.59 Å². The van der Waals surface area contributed by atoms with Crippen LogP contribution in [0.15, 0.2) is 10.9 Å². The molecule has 6 heteroatoms. The first-order valence-electron chi connectivity index (χ1n) is 11.2. The number of likely N-dealkylation sites (tertiary alicyclic amines) is 2. The third-order valence-electron chi connectivity index (χ3n) is 7.19. The van der Waals surface area contributed by atoms with Gasteiger partial charge in [-0.1, -0.05) is 13.3 Å². The number of nitrogens with zero attached hydrogens (tertiary/aromatic N) is 4. The average Bonchev–Trinajstić information content (AvgIpc) is 3.05. The van der Waals surface area contributed by atoms with E-state index in [-0.39, 0.29) is 17.4 Å². The Labute approximate surface area is 167 Å². The van der Waals surface area contributed by atoms with E-state index in [1.165, 1.54) is 12.8 Å². The molecular weight excluding hydrogens is 352 g/mol. The molecule has 3 aliphatic heterocycles. The summed E-state index contributed by atoms with van der Waals surface area (Å²) in [6.45, 7) is 8.36. The molecule has 4 rings (SSSR count). The van der Waals surface area contributed by atoms with Crippen molar-refractivity contribution >= 4 is 5.91 Å². The standard InChI is InChI=1S/C22H34N4O2/c1-16-7-6-10-24(17(16)2)15-22(28)25-12-9-18(14-25)19-13-21(27)26-11-5-3-4-8-20(26)23-19/h13,16-18H,3-12,14-15H2,1-2H3. The van der Waals surface area contributed by atoms with Crippen LogP contribution in [0.1, 0.15) is 69.8 Å². The maximum Gasteiger partial charge on any atom is 0.253 e. The molecule has 0 N–H and O–H groups in total. The number of hydrogen-bond acceptors (Lipinski definition) is 4. The van der Waals surface area contributed by atoms with Crippen LogP contribution >= 0.6 is 0 Å². The molecule has 6 nitrogen and oxygen atoms in total. The monoisotopic (exact) mass is 386 g/mol. The van der Waals surface area contributed by atoms with Crippen LogP contribution < -0.4 is 5.56 Å². The van der Waals surface area contributed by atoms with Crippen LogP contribution in [-0.2, 0) is 17.8 Å². The normalized spacial score (nSPS) is 28.8. The second-order valence-electron chi connectivity index (χ2n) is 9.05. The minimum atomic E-state index is 0.0859. The van der Waals surface area contributed by atoms with Crippen LogP contribution in [0.5, 0.6) is 0 Å². The third kappa shape index (κ3) is 4.02. The van der Waals surface area contributed by atoms with Gasteiger partial charge in [0.25, 0.3) is 5.56 Å². The Kier molecular flexibility index (Phi) is 5.85. The van der Waals surface area contributed by atoms with Gasteiger partial charge in [-0.15, -0.1) is 0 Å². The number of carbonyl (C=O) groups excluding carboxylic acids is 1. The van der Waals surface area contributed by atoms with Gasteiger partial charge in [0.2, 0.25) is 5.91 Å². The lowest BCUT2D eigenvalue weighted by atomic mass is 9.92. The molecule has 28 heavy (non-hydrogen) atoms. The van der Waals surface area contributed by atoms with Gasteiger partial charge in [-0.25, -0.2) is 4.98 Å². The van der Waals surface area contributed by atoms with Crippen molar-refractivity contribution in [1.82, 2.24) is 19.4 Å². The van der Waals surface area contributed by atoms with E-state index in [1.54, 1.807) is 6.07 Å². The summed E-state index contributed by atoms with van der Waals surface area (Å²) in [6.07, 6.45) is 7.58. The molecular formula is C22H34N4O2. The minimum absolute atomic E-state index is 0.0859. The second kappa shape index (κ2) is 8.36. The van der Waals surface area contributed by atoms with Crippen molar-refractivity contribution in [2.45, 2.75) is 77.3 Å². The lowest BCUT2D eigenvalue weighted by Crippen LogP contribution is -2.48. The zero-order chi connectivity index (χ0) is 19.7. The Hall–Kier alpha value is -1.69. The Morgan fingerprint density at radius 1 is 1.11 bits per heavy atom. The summed E-state index contributed by atoms with van der Waals surface area (Å²) in [6, 6.07) is 2.20. The van der Waals surface area contributed by atoms with Crippen LogP contribution in [-0.4, -0.2) is 57.5 Å². The molecule has 1 aromatic rings. The van der Waals surface area contributed by atoms with Crippen molar-refractivity contribution in [2.75, 3.05) is 26.2 Å². The lowest BCUT2D eigenvalue weighted by Gasteiger charge is -2.38. The topological polar surface area (TPSA) is 58.4 Å². The average molecular weight is 387 g/mol. The molecule has 4 heterocycles. The summed E-state index contributed by atoms with van der Waals surface area (Å²) in [7, 11) is 0. The predicted octanol–water partition coefficient (Wildman–Crippen LogP) is 2.41. The maximum atomic E-state index is 12.9. The number of carbonyl (C=O) groups is 1. The number of hydrogen-bond donors (Lipinski definition) is 0. The van der Waals surface area contributed by atoms with Gasteiger partial charge < -0.3 is 4.90 Å². The molecule has 2 saturated heterocycles. The Balaban J connectivity index is 1.41. The highest BCUT2D eigenvalue weighted by Crippen LogP contribution is 2.27. The molecule has 3 atom stereocenters. The number of aromatic nitrogens is 2. The molecule has 154 valence electrons. The smallest absolute Gasteiger partial charge is 0.253 e. The number of aryl methyl sites for hydroxylation is 1. The second-order valence-corrected chi connectivity index (χ2v) is 9.05. The molecule has 1 aromatic heterocycles. The summed E-state index contributed by atoms with van der Waals surface area (Å²) < 4.78 is 1.85. The molecule has 0 spiro atoms. The van der Waals surface area contributed by atoms with Crippen LogP contribution in [0.3, 0.4) is 0 Å². The molecule has 0 aliphatic carbocycles. The summed E-state index contributed by atoms with van der Waals surface area (Å²) in [5.74, 6) is 2.03. The summed E-state index contributed by atoms with van der Waals surface area (Å²) in [4.78, 5) is 34.7. The minimum Gasteiger partial charge on any atom is -0.341 e. The highest BCUT2D eigenvalue weighted by atomic mass is 16.2. The predicted molar refractivity (Wildman–Crippen MR) is 109 cm³/mol. The third-order valence-corrected chi connectivity index (χ3v) is 7.19. The maximum absolute atomic E-state index is 12.9. The van der Waals surface area contributed by atoms with Gasteiger partial charge in [-0.05, 0) is 51.5 Å². The number of piperidine rings is 1. The van der Waals surface area contributed by atoms with Crippen LogP contribution in [0.2, 0.25) is 0 Å². The largest absolute Gasteiger partial charge is 0.341 e. The lowest BCUT2D eigenvalue weighted by molar-refractivity contribution is -0.132. The van der Waals surface area contributed by atoms with Crippen molar-refractivity contribution in [3.63, 3.8) is 0 Å². The van der Waals surface area contributed by atoms with Crippen molar-refractivity contribution in [2.24, 2.45) is 5.92 Å². The van der Waals surface area contributed by atoms with Crippen molar-refractivity contribution in [1.29, 1.82) is 0 Å². The van der Waals surface area contributed by atoms with Gasteiger partial charge in [0.15, 0.2) is 0 Å². The summed E-state index contributed by atoms with van der Waals surface area (Å²) >= 11 is 0. The Morgan fingerprint density at radius 2 is 1.96 bits per heavy atom. The van der Waals surface area contributed by atoms with E-state index in [2.05, 4.69) is 18.7 Å². The summed E-state index contributed by atoms with van der Waals surface area (Å²) in [5.41, 5.74) is 0.983. The van der Waals surface area contributed by atoms with E-state index in [1.807, 2.05) is 9.47 Å². The van der Waals surface area contributed by atoms with Crippen LogP contribution in [0, 0.1) is 5.92 Å². The molecule has 0 bridgehead atoms. The molecule has 0 radical (unpaired) electrons. The van der Waals surface area contributed by atoms with Gasteiger partial charge in [-0.2, -0.15) is 0 Å². The zero-order valence-electron chi connectivity index (χ0n) is 17.4. The quantitative estimate of drug-likeness (QED) is 0.800. The van der Waals surface area contributed by atoms with E-state index in [4.69, 9.17) is 4.98 Å². The first-order valence-corrected chi connectivity index (χ1v) is 11.2. The van der Waals surface area contributed by atoms with Gasteiger partial charge in [0.05, 0.1) is 12.2 Å². The zero-order valence-corrected chi connectivity index (χ0v) is 17.4.